The Kier molecular flexibility index (Phi) is 13.7. The highest BCUT2D eigenvalue weighted by molar-refractivity contribution is 5.91. The number of unbranched alkanes of at least 4 members (excludes halogenated alkanes) is 2. The van der Waals surface area contributed by atoms with Crippen LogP contribution in [0.25, 0.3) is 0 Å². The first kappa shape index (κ1) is 28.3. The van der Waals surface area contributed by atoms with E-state index in [1.165, 1.54) is 0 Å². The van der Waals surface area contributed by atoms with E-state index in [0.717, 1.165) is 24.8 Å². The molecule has 2 N–H and O–H groups in total. The van der Waals surface area contributed by atoms with Gasteiger partial charge in [-0.25, -0.2) is 0 Å². The van der Waals surface area contributed by atoms with E-state index in [9.17, 15) is 19.2 Å². The normalized spacial score (nSPS) is 12.6. The third-order valence-electron chi connectivity index (χ3n) is 5.58. The molecule has 2 atom stereocenters. The number of hydrogen-bond donors (Lipinski definition) is 2. The van der Waals surface area contributed by atoms with Gasteiger partial charge in [0.2, 0.25) is 11.8 Å². The molecule has 1 rings (SSSR count). The molecule has 7 heteroatoms. The first-order valence-electron chi connectivity index (χ1n) is 12.0. The molecule has 0 aliphatic heterocycles. The van der Waals surface area contributed by atoms with E-state index < -0.39 is 12.0 Å². The van der Waals surface area contributed by atoms with Crippen LogP contribution in [0.4, 0.5) is 0 Å². The number of carbonyl (C=O) groups excluding carboxylic acids is 4. The van der Waals surface area contributed by atoms with Gasteiger partial charge in [0.25, 0.3) is 0 Å². The molecule has 0 heterocycles. The molecule has 33 heavy (non-hydrogen) atoms. The molecule has 184 valence electrons. The summed E-state index contributed by atoms with van der Waals surface area (Å²) in [6.07, 6.45) is 4.30. The zero-order valence-corrected chi connectivity index (χ0v) is 20.5. The Labute approximate surface area is 198 Å². The number of rotatable bonds is 16. The lowest BCUT2D eigenvalue weighted by atomic mass is 9.89. The molecule has 1 aromatic rings. The summed E-state index contributed by atoms with van der Waals surface area (Å²) in [4.78, 5) is 49.5. The number of amides is 2. The summed E-state index contributed by atoms with van der Waals surface area (Å²) in [6, 6.07) is 8.77. The average Bonchev–Trinajstić information content (AvgIpc) is 2.80. The summed E-state index contributed by atoms with van der Waals surface area (Å²) in [5.41, 5.74) is 0.897. The standard InChI is InChI=1S/C26H40N2O5/c1-5-6-8-14-21(26(32)33-18-20-12-9-7-10-13-20)17-22(29)25(19(2)3)28-24(31)16-11-15-23(30)27-4/h7,9-10,12-13,19,21,25H,5-6,8,11,14-18H2,1-4H3,(H,27,30)(H,28,31)/t21-,25+/m1/s1. The molecule has 7 nitrogen and oxygen atoms in total. The topological polar surface area (TPSA) is 102 Å². The number of hydrogen-bond acceptors (Lipinski definition) is 5. The van der Waals surface area contributed by atoms with Crippen molar-refractivity contribution in [1.82, 2.24) is 10.6 Å². The molecule has 0 unspecified atom stereocenters. The van der Waals surface area contributed by atoms with E-state index >= 15 is 0 Å². The van der Waals surface area contributed by atoms with Crippen molar-refractivity contribution in [3.05, 3.63) is 35.9 Å². The van der Waals surface area contributed by atoms with Gasteiger partial charge in [0.05, 0.1) is 12.0 Å². The van der Waals surface area contributed by atoms with Crippen LogP contribution in [0.5, 0.6) is 0 Å². The maximum atomic E-state index is 13.1. The molecule has 0 spiro atoms. The number of nitrogens with one attached hydrogen (secondary N) is 2. The lowest BCUT2D eigenvalue weighted by Crippen LogP contribution is -2.45. The van der Waals surface area contributed by atoms with Gasteiger partial charge in [-0.05, 0) is 24.3 Å². The zero-order valence-electron chi connectivity index (χ0n) is 20.5. The van der Waals surface area contributed by atoms with Crippen LogP contribution in [0.2, 0.25) is 0 Å². The van der Waals surface area contributed by atoms with Crippen LogP contribution in [0.3, 0.4) is 0 Å². The highest BCUT2D eigenvalue weighted by Crippen LogP contribution is 2.20. The molecular weight excluding hydrogens is 420 g/mol. The molecular formula is C26H40N2O5. The Morgan fingerprint density at radius 2 is 1.61 bits per heavy atom. The van der Waals surface area contributed by atoms with Gasteiger partial charge in [-0.1, -0.05) is 70.4 Å². The largest absolute Gasteiger partial charge is 0.461 e. The second-order valence-electron chi connectivity index (χ2n) is 8.77. The Bertz CT molecular complexity index is 748. The average molecular weight is 461 g/mol. The fraction of sp³-hybridized carbons (Fsp3) is 0.615. The fourth-order valence-corrected chi connectivity index (χ4v) is 3.56. The van der Waals surface area contributed by atoms with Crippen LogP contribution < -0.4 is 10.6 Å². The Morgan fingerprint density at radius 1 is 0.939 bits per heavy atom. The van der Waals surface area contributed by atoms with E-state index in [1.54, 1.807) is 7.05 Å². The monoisotopic (exact) mass is 460 g/mol. The third-order valence-corrected chi connectivity index (χ3v) is 5.58. The predicted octanol–water partition coefficient (Wildman–Crippen LogP) is 3.94. The summed E-state index contributed by atoms with van der Waals surface area (Å²) in [5, 5.41) is 5.33. The Morgan fingerprint density at radius 3 is 2.21 bits per heavy atom. The summed E-state index contributed by atoms with van der Waals surface area (Å²) in [7, 11) is 1.55. The van der Waals surface area contributed by atoms with Crippen molar-refractivity contribution in [3.63, 3.8) is 0 Å². The summed E-state index contributed by atoms with van der Waals surface area (Å²) < 4.78 is 5.51. The van der Waals surface area contributed by atoms with Crippen LogP contribution in [0.1, 0.15) is 77.7 Å². The SMILES string of the molecule is CCCCC[C@H](CC(=O)[C@@H](NC(=O)CCCC(=O)NC)C(C)C)C(=O)OCc1ccccc1. The highest BCUT2D eigenvalue weighted by Gasteiger charge is 2.30. The Balaban J connectivity index is 2.72. The van der Waals surface area contributed by atoms with E-state index in [1.807, 2.05) is 44.2 Å². The molecule has 0 radical (unpaired) electrons. The number of ketones is 1. The van der Waals surface area contributed by atoms with Gasteiger partial charge in [-0.3, -0.25) is 19.2 Å². The molecule has 0 aliphatic carbocycles. The molecule has 0 fully saturated rings. The van der Waals surface area contributed by atoms with Crippen molar-refractivity contribution in [2.75, 3.05) is 7.05 Å². The lowest BCUT2D eigenvalue weighted by Gasteiger charge is -2.23. The van der Waals surface area contributed by atoms with Crippen LogP contribution in [0.15, 0.2) is 30.3 Å². The highest BCUT2D eigenvalue weighted by atomic mass is 16.5. The van der Waals surface area contributed by atoms with Gasteiger partial charge in [-0.15, -0.1) is 0 Å². The lowest BCUT2D eigenvalue weighted by molar-refractivity contribution is -0.152. The summed E-state index contributed by atoms with van der Waals surface area (Å²) in [5.74, 6) is -1.56. The zero-order chi connectivity index (χ0) is 24.6. The summed E-state index contributed by atoms with van der Waals surface area (Å²) in [6.45, 7) is 6.00. The van der Waals surface area contributed by atoms with Crippen LogP contribution >= 0.6 is 0 Å². The maximum absolute atomic E-state index is 13.1. The van der Waals surface area contributed by atoms with Crippen molar-refractivity contribution in [2.24, 2.45) is 11.8 Å². The summed E-state index contributed by atoms with van der Waals surface area (Å²) >= 11 is 0. The minimum atomic E-state index is -0.673. The fourth-order valence-electron chi connectivity index (χ4n) is 3.56. The quantitative estimate of drug-likeness (QED) is 0.287. The molecule has 0 saturated carbocycles. The first-order chi connectivity index (χ1) is 15.8. The van der Waals surface area contributed by atoms with E-state index in [4.69, 9.17) is 4.74 Å². The predicted molar refractivity (Wildman–Crippen MR) is 128 cm³/mol. The van der Waals surface area contributed by atoms with Crippen molar-refractivity contribution >= 4 is 23.6 Å². The number of benzene rings is 1. The van der Waals surface area contributed by atoms with Gasteiger partial charge in [0.15, 0.2) is 5.78 Å². The number of esters is 1. The number of ether oxygens (including phenoxy) is 1. The third kappa shape index (κ3) is 11.6. The maximum Gasteiger partial charge on any atom is 0.309 e. The van der Waals surface area contributed by atoms with Crippen molar-refractivity contribution < 1.29 is 23.9 Å². The molecule has 0 bridgehead atoms. The van der Waals surface area contributed by atoms with Gasteiger partial charge in [0.1, 0.15) is 6.61 Å². The van der Waals surface area contributed by atoms with Gasteiger partial charge < -0.3 is 15.4 Å². The number of Topliss-reactive ketones (excluding diaryl/α,β-unsaturated/α-hetero) is 1. The van der Waals surface area contributed by atoms with Crippen LogP contribution in [-0.4, -0.2) is 36.7 Å². The first-order valence-corrected chi connectivity index (χ1v) is 12.0. The van der Waals surface area contributed by atoms with Crippen molar-refractivity contribution in [3.8, 4) is 0 Å². The van der Waals surface area contributed by atoms with Gasteiger partial charge >= 0.3 is 5.97 Å². The van der Waals surface area contributed by atoms with E-state index in [-0.39, 0.29) is 55.4 Å². The molecule has 0 aromatic heterocycles. The molecule has 2 amide bonds. The smallest absolute Gasteiger partial charge is 0.309 e. The van der Waals surface area contributed by atoms with Crippen LogP contribution in [0, 0.1) is 11.8 Å². The number of carbonyl (C=O) groups is 4. The van der Waals surface area contributed by atoms with Crippen molar-refractivity contribution in [1.29, 1.82) is 0 Å². The minimum absolute atomic E-state index is 0.0404. The van der Waals surface area contributed by atoms with Crippen molar-refractivity contribution in [2.45, 2.75) is 84.8 Å². The van der Waals surface area contributed by atoms with Crippen LogP contribution in [-0.2, 0) is 30.5 Å². The molecule has 1 aromatic carbocycles. The van der Waals surface area contributed by atoms with Gasteiger partial charge in [-0.2, -0.15) is 0 Å². The van der Waals surface area contributed by atoms with Gasteiger partial charge in [0, 0.05) is 26.3 Å². The second kappa shape index (κ2) is 16.0. The molecule has 0 saturated heterocycles. The minimum Gasteiger partial charge on any atom is -0.461 e. The van der Waals surface area contributed by atoms with E-state index in [0.29, 0.717) is 12.8 Å². The molecule has 0 aliphatic rings. The Hall–Kier alpha value is -2.70. The second-order valence-corrected chi connectivity index (χ2v) is 8.77. The van der Waals surface area contributed by atoms with E-state index in [2.05, 4.69) is 17.6 Å².